The number of aromatic nitrogens is 1. The summed E-state index contributed by atoms with van der Waals surface area (Å²) >= 11 is 1.70. The van der Waals surface area contributed by atoms with Crippen LogP contribution in [0.2, 0.25) is 0 Å². The molecule has 126 valence electrons. The van der Waals surface area contributed by atoms with Gasteiger partial charge in [-0.1, -0.05) is 13.0 Å². The number of nitrogens with zero attached hydrogens (tertiary/aromatic N) is 1. The summed E-state index contributed by atoms with van der Waals surface area (Å²) in [6.07, 6.45) is 3.44. The summed E-state index contributed by atoms with van der Waals surface area (Å²) < 4.78 is 5.35. The minimum Gasteiger partial charge on any atom is -0.496 e. The monoisotopic (exact) mass is 334 g/mol. The Morgan fingerprint density at radius 1 is 1.39 bits per heavy atom. The fraction of sp³-hybridized carbons (Fsp3) is 0.500. The van der Waals surface area contributed by atoms with Crippen LogP contribution in [0.25, 0.3) is 0 Å². The van der Waals surface area contributed by atoms with Crippen molar-refractivity contribution in [2.24, 2.45) is 0 Å². The van der Waals surface area contributed by atoms with Gasteiger partial charge in [-0.2, -0.15) is 0 Å². The first-order valence-electron chi connectivity index (χ1n) is 7.95. The van der Waals surface area contributed by atoms with Crippen LogP contribution >= 0.6 is 11.3 Å². The van der Waals surface area contributed by atoms with Gasteiger partial charge in [0.2, 0.25) is 0 Å². The zero-order chi connectivity index (χ0) is 16.7. The van der Waals surface area contributed by atoms with Crippen molar-refractivity contribution in [2.45, 2.75) is 44.7 Å². The third-order valence-corrected chi connectivity index (χ3v) is 5.14. The van der Waals surface area contributed by atoms with Gasteiger partial charge in [0.05, 0.1) is 12.0 Å². The number of nitrogens with one attached hydrogen (secondary N) is 1. The number of aliphatic hydroxyl groups is 1. The fourth-order valence-corrected chi connectivity index (χ4v) is 3.75. The molecule has 2 aromatic heterocycles. The van der Waals surface area contributed by atoms with E-state index in [0.717, 1.165) is 24.4 Å². The van der Waals surface area contributed by atoms with E-state index in [1.54, 1.807) is 18.4 Å². The molecule has 2 rings (SSSR count). The zero-order valence-electron chi connectivity index (χ0n) is 14.1. The van der Waals surface area contributed by atoms with Crippen molar-refractivity contribution in [3.05, 3.63) is 46.4 Å². The molecule has 0 bridgehead atoms. The predicted octanol–water partition coefficient (Wildman–Crippen LogP) is 3.36. The molecular weight excluding hydrogens is 308 g/mol. The van der Waals surface area contributed by atoms with Crippen molar-refractivity contribution < 1.29 is 9.84 Å². The van der Waals surface area contributed by atoms with E-state index >= 15 is 0 Å². The molecule has 23 heavy (non-hydrogen) atoms. The summed E-state index contributed by atoms with van der Waals surface area (Å²) in [5, 5.41) is 15.1. The van der Waals surface area contributed by atoms with Gasteiger partial charge in [0.25, 0.3) is 0 Å². The van der Waals surface area contributed by atoms with E-state index in [9.17, 15) is 5.11 Å². The Labute approximate surface area is 142 Å². The fourth-order valence-electron chi connectivity index (χ4n) is 2.96. The number of aliphatic hydroxyl groups excluding tert-OH is 1. The lowest BCUT2D eigenvalue weighted by molar-refractivity contribution is 0.225. The summed E-state index contributed by atoms with van der Waals surface area (Å²) in [5.74, 6) is 0.942. The number of rotatable bonds is 9. The van der Waals surface area contributed by atoms with Gasteiger partial charge >= 0.3 is 0 Å². The quantitative estimate of drug-likeness (QED) is 0.738. The number of thiophene rings is 1. The Kier molecular flexibility index (Phi) is 6.57. The number of pyridine rings is 1. The van der Waals surface area contributed by atoms with Crippen LogP contribution < -0.4 is 10.1 Å². The second kappa shape index (κ2) is 8.43. The van der Waals surface area contributed by atoms with Crippen LogP contribution in [0.1, 0.15) is 37.3 Å². The maximum Gasteiger partial charge on any atom is 0.134 e. The molecule has 0 aliphatic rings. The van der Waals surface area contributed by atoms with E-state index in [1.165, 1.54) is 4.88 Å². The van der Waals surface area contributed by atoms with Gasteiger partial charge < -0.3 is 15.2 Å². The summed E-state index contributed by atoms with van der Waals surface area (Å²) in [7, 11) is 1.70. The highest BCUT2D eigenvalue weighted by Crippen LogP contribution is 2.31. The van der Waals surface area contributed by atoms with E-state index in [4.69, 9.17) is 4.74 Å². The average molecular weight is 334 g/mol. The number of hydrogen-bond acceptors (Lipinski definition) is 5. The van der Waals surface area contributed by atoms with Gasteiger partial charge in [0.1, 0.15) is 5.75 Å². The average Bonchev–Trinajstić information content (AvgIpc) is 3.01. The van der Waals surface area contributed by atoms with Crippen LogP contribution in [0.4, 0.5) is 0 Å². The highest BCUT2D eigenvalue weighted by molar-refractivity contribution is 7.10. The van der Waals surface area contributed by atoms with E-state index in [-0.39, 0.29) is 12.0 Å². The van der Waals surface area contributed by atoms with Gasteiger partial charge in [-0.05, 0) is 43.3 Å². The molecule has 2 unspecified atom stereocenters. The lowest BCUT2D eigenvalue weighted by atomic mass is 9.77. The molecule has 0 aliphatic heterocycles. The van der Waals surface area contributed by atoms with Crippen LogP contribution in [-0.2, 0) is 12.0 Å². The molecule has 2 heterocycles. The van der Waals surface area contributed by atoms with Crippen LogP contribution in [0.15, 0.2) is 35.8 Å². The Morgan fingerprint density at radius 2 is 2.22 bits per heavy atom. The first-order chi connectivity index (χ1) is 11.1. The molecule has 0 aliphatic carbocycles. The third-order valence-electron chi connectivity index (χ3n) is 4.24. The molecule has 4 nitrogen and oxygen atoms in total. The van der Waals surface area contributed by atoms with Crippen molar-refractivity contribution in [3.8, 4) is 5.75 Å². The maximum atomic E-state index is 9.46. The molecule has 2 N–H and O–H groups in total. The normalized spacial score (nSPS) is 15.1. The molecular formula is C18H26N2O2S. The molecule has 2 aromatic rings. The Balaban J connectivity index is 1.99. The highest BCUT2D eigenvalue weighted by atomic mass is 32.1. The van der Waals surface area contributed by atoms with Crippen molar-refractivity contribution in [2.75, 3.05) is 13.7 Å². The van der Waals surface area contributed by atoms with Crippen LogP contribution in [0.5, 0.6) is 5.75 Å². The molecule has 0 amide bonds. The lowest BCUT2D eigenvalue weighted by Crippen LogP contribution is -2.35. The van der Waals surface area contributed by atoms with E-state index in [1.807, 2.05) is 35.8 Å². The smallest absolute Gasteiger partial charge is 0.134 e. The van der Waals surface area contributed by atoms with Crippen molar-refractivity contribution in [3.63, 3.8) is 0 Å². The summed E-state index contributed by atoms with van der Waals surface area (Å²) in [6, 6.07) is 8.28. The zero-order valence-corrected chi connectivity index (χ0v) is 14.9. The van der Waals surface area contributed by atoms with E-state index in [2.05, 4.69) is 24.1 Å². The summed E-state index contributed by atoms with van der Waals surface area (Å²) in [5.41, 5.74) is 0.901. The maximum absolute atomic E-state index is 9.46. The Morgan fingerprint density at radius 3 is 2.87 bits per heavy atom. The van der Waals surface area contributed by atoms with Crippen LogP contribution in [0.3, 0.4) is 0 Å². The van der Waals surface area contributed by atoms with Crippen LogP contribution in [-0.4, -0.2) is 29.8 Å². The molecule has 0 saturated carbocycles. The predicted molar refractivity (Wildman–Crippen MR) is 95.1 cm³/mol. The topological polar surface area (TPSA) is 54.4 Å². The number of hydrogen-bond donors (Lipinski definition) is 2. The number of ether oxygens (including phenoxy) is 1. The minimum absolute atomic E-state index is 0.137. The Bertz CT molecular complexity index is 588. The van der Waals surface area contributed by atoms with Gasteiger partial charge in [-0.25, -0.2) is 0 Å². The van der Waals surface area contributed by atoms with Gasteiger partial charge in [-0.3, -0.25) is 4.98 Å². The van der Waals surface area contributed by atoms with Crippen molar-refractivity contribution >= 4 is 11.3 Å². The lowest BCUT2D eigenvalue weighted by Gasteiger charge is -2.31. The SMILES string of the molecule is COc1ccsc1CNC(C)CC(C)(CCO)c1ccccn1. The first-order valence-corrected chi connectivity index (χ1v) is 8.83. The first kappa shape index (κ1) is 17.9. The largest absolute Gasteiger partial charge is 0.496 e. The van der Waals surface area contributed by atoms with Crippen LogP contribution in [0, 0.1) is 0 Å². The van der Waals surface area contributed by atoms with Gasteiger partial charge in [-0.15, -0.1) is 11.3 Å². The van der Waals surface area contributed by atoms with Gasteiger partial charge in [0, 0.05) is 36.5 Å². The van der Waals surface area contributed by atoms with Crippen molar-refractivity contribution in [1.29, 1.82) is 0 Å². The highest BCUT2D eigenvalue weighted by Gasteiger charge is 2.29. The molecule has 0 aromatic carbocycles. The Hall–Kier alpha value is -1.43. The molecule has 5 heteroatoms. The van der Waals surface area contributed by atoms with Gasteiger partial charge in [0.15, 0.2) is 0 Å². The molecule has 2 atom stereocenters. The second-order valence-corrected chi connectivity index (χ2v) is 7.15. The molecule has 0 saturated heterocycles. The summed E-state index contributed by atoms with van der Waals surface area (Å²) in [4.78, 5) is 5.71. The minimum atomic E-state index is -0.137. The standard InChI is InChI=1S/C18H26N2O2S/c1-14(20-13-16-15(22-3)7-11-23-16)12-18(2,8-10-21)17-6-4-5-9-19-17/h4-7,9,11,14,20-21H,8,10,12-13H2,1-3H3. The molecule has 0 fully saturated rings. The third kappa shape index (κ3) is 4.77. The molecule has 0 spiro atoms. The van der Waals surface area contributed by atoms with Crippen molar-refractivity contribution in [1.82, 2.24) is 10.3 Å². The summed E-state index contributed by atoms with van der Waals surface area (Å²) in [6.45, 7) is 5.31. The number of methoxy groups -OCH3 is 1. The van der Waals surface area contributed by atoms with E-state index in [0.29, 0.717) is 12.5 Å². The second-order valence-electron chi connectivity index (χ2n) is 6.15. The molecule has 0 radical (unpaired) electrons. The van der Waals surface area contributed by atoms with E-state index < -0.39 is 0 Å².